The van der Waals surface area contributed by atoms with Gasteiger partial charge in [0.2, 0.25) is 5.82 Å². The summed E-state index contributed by atoms with van der Waals surface area (Å²) in [5.41, 5.74) is 6.98. The largest absolute Gasteiger partial charge is 0.363 e. The number of nitrogens with two attached hydrogens (primary N) is 1. The molecule has 2 aromatic heterocycles. The molecule has 3 aromatic rings. The van der Waals surface area contributed by atoms with Crippen LogP contribution in [0.3, 0.4) is 0 Å². The number of benzene rings is 1. The predicted octanol–water partition coefficient (Wildman–Crippen LogP) is 1.70. The van der Waals surface area contributed by atoms with Crippen LogP contribution in [0, 0.1) is 0 Å². The van der Waals surface area contributed by atoms with Crippen LogP contribution in [0.2, 0.25) is 5.02 Å². The van der Waals surface area contributed by atoms with Gasteiger partial charge in [0.05, 0.1) is 10.5 Å². The Morgan fingerprint density at radius 1 is 1.35 bits per heavy atom. The molecule has 0 bridgehead atoms. The van der Waals surface area contributed by atoms with E-state index in [1.54, 1.807) is 6.20 Å². The molecule has 3 N–H and O–H groups in total. The van der Waals surface area contributed by atoms with Crippen molar-refractivity contribution in [3.05, 3.63) is 52.7 Å². The molecule has 0 spiro atoms. The molecular weight excluding hydrogens is 278 g/mol. The van der Waals surface area contributed by atoms with E-state index >= 15 is 0 Å². The lowest BCUT2D eigenvalue weighted by molar-refractivity contribution is 0.0991. The number of hydrogen-bond acceptors (Lipinski definition) is 4. The number of carbonyl (C=O) groups excluding carboxylic acids is 1. The molecule has 6 nitrogen and oxygen atoms in total. The minimum Gasteiger partial charge on any atom is -0.363 e. The van der Waals surface area contributed by atoms with E-state index in [4.69, 9.17) is 17.3 Å². The second kappa shape index (κ2) is 4.90. The third-order valence-electron chi connectivity index (χ3n) is 2.84. The average molecular weight is 288 g/mol. The highest BCUT2D eigenvalue weighted by atomic mass is 35.5. The lowest BCUT2D eigenvalue weighted by atomic mass is 10.1. The molecule has 0 saturated carbocycles. The summed E-state index contributed by atoms with van der Waals surface area (Å²) in [6, 6.07) is 7.67. The number of fused-ring (bicyclic) bond motifs is 1. The van der Waals surface area contributed by atoms with Gasteiger partial charge in [-0.05, 0) is 23.8 Å². The molecule has 0 aliphatic heterocycles. The van der Waals surface area contributed by atoms with E-state index in [-0.39, 0.29) is 5.82 Å². The fourth-order valence-corrected chi connectivity index (χ4v) is 2.11. The van der Waals surface area contributed by atoms with Crippen LogP contribution in [-0.2, 0) is 6.42 Å². The van der Waals surface area contributed by atoms with Crippen LogP contribution < -0.4 is 5.73 Å². The number of rotatable bonds is 3. The van der Waals surface area contributed by atoms with Crippen LogP contribution in [0.4, 0.5) is 0 Å². The Labute approximate surface area is 119 Å². The van der Waals surface area contributed by atoms with Gasteiger partial charge in [0.25, 0.3) is 5.91 Å². The van der Waals surface area contributed by atoms with E-state index < -0.39 is 5.91 Å². The molecule has 20 heavy (non-hydrogen) atoms. The molecule has 0 fully saturated rings. The van der Waals surface area contributed by atoms with Gasteiger partial charge in [-0.2, -0.15) is 0 Å². The normalized spacial score (nSPS) is 10.8. The highest BCUT2D eigenvalue weighted by Gasteiger charge is 2.09. The number of hydrogen-bond donors (Lipinski definition) is 2. The number of nitrogens with one attached hydrogen (secondary N) is 1. The molecule has 0 radical (unpaired) electrons. The highest BCUT2D eigenvalue weighted by Crippen LogP contribution is 2.19. The van der Waals surface area contributed by atoms with Gasteiger partial charge in [0.15, 0.2) is 0 Å². The molecule has 0 atom stereocenters. The molecule has 1 amide bonds. The number of carbonyl (C=O) groups is 1. The first-order valence-corrected chi connectivity index (χ1v) is 6.25. The van der Waals surface area contributed by atoms with Crippen molar-refractivity contribution in [3.63, 3.8) is 0 Å². The Morgan fingerprint density at radius 2 is 2.20 bits per heavy atom. The fraction of sp³-hybridized carbons (Fsp3) is 0.0769. The average Bonchev–Trinajstić information content (AvgIpc) is 2.87. The van der Waals surface area contributed by atoms with Gasteiger partial charge in [0, 0.05) is 18.0 Å². The lowest BCUT2D eigenvalue weighted by Crippen LogP contribution is -2.12. The van der Waals surface area contributed by atoms with Crippen LogP contribution >= 0.6 is 11.6 Å². The number of amides is 1. The van der Waals surface area contributed by atoms with Gasteiger partial charge >= 0.3 is 0 Å². The Morgan fingerprint density at radius 3 is 2.95 bits per heavy atom. The van der Waals surface area contributed by atoms with Gasteiger partial charge in [-0.3, -0.25) is 14.9 Å². The van der Waals surface area contributed by atoms with Crippen molar-refractivity contribution < 1.29 is 4.79 Å². The van der Waals surface area contributed by atoms with E-state index in [1.807, 2.05) is 24.3 Å². The molecule has 0 unspecified atom stereocenters. The summed E-state index contributed by atoms with van der Waals surface area (Å²) in [5.74, 6) is -0.0827. The van der Waals surface area contributed by atoms with Gasteiger partial charge in [0.1, 0.15) is 5.82 Å². The molecule has 0 aliphatic carbocycles. The summed E-state index contributed by atoms with van der Waals surface area (Å²) < 4.78 is 0. The van der Waals surface area contributed by atoms with Crippen LogP contribution in [0.5, 0.6) is 0 Å². The molecule has 7 heteroatoms. The van der Waals surface area contributed by atoms with E-state index in [1.165, 1.54) is 0 Å². The SMILES string of the molecule is NC(=O)c1n[nH]c(Cc2ccc3ncc(Cl)cc3c2)n1. The van der Waals surface area contributed by atoms with Crippen molar-refractivity contribution in [2.75, 3.05) is 0 Å². The summed E-state index contributed by atoms with van der Waals surface area (Å²) in [5, 5.41) is 7.97. The maximum atomic E-state index is 10.9. The van der Waals surface area contributed by atoms with Crippen molar-refractivity contribution in [1.29, 1.82) is 0 Å². The van der Waals surface area contributed by atoms with Crippen molar-refractivity contribution in [2.45, 2.75) is 6.42 Å². The maximum Gasteiger partial charge on any atom is 0.288 e. The predicted molar refractivity (Wildman–Crippen MR) is 74.5 cm³/mol. The lowest BCUT2D eigenvalue weighted by Gasteiger charge is -2.02. The monoisotopic (exact) mass is 287 g/mol. The third-order valence-corrected chi connectivity index (χ3v) is 3.04. The van der Waals surface area contributed by atoms with Gasteiger partial charge in [-0.25, -0.2) is 4.98 Å². The topological polar surface area (TPSA) is 97.6 Å². The molecule has 0 aliphatic rings. The summed E-state index contributed by atoms with van der Waals surface area (Å²) in [4.78, 5) is 19.2. The summed E-state index contributed by atoms with van der Waals surface area (Å²) in [6.45, 7) is 0. The van der Waals surface area contributed by atoms with E-state index in [2.05, 4.69) is 20.2 Å². The zero-order valence-corrected chi connectivity index (χ0v) is 11.1. The van der Waals surface area contributed by atoms with Crippen molar-refractivity contribution >= 4 is 28.4 Å². The molecular formula is C13H10ClN5O. The van der Waals surface area contributed by atoms with E-state index in [9.17, 15) is 4.79 Å². The minimum absolute atomic E-state index is 0.00880. The first-order chi connectivity index (χ1) is 9.61. The molecule has 0 saturated heterocycles. The second-order valence-electron chi connectivity index (χ2n) is 4.33. The zero-order valence-electron chi connectivity index (χ0n) is 10.3. The van der Waals surface area contributed by atoms with Crippen LogP contribution in [0.1, 0.15) is 22.0 Å². The van der Waals surface area contributed by atoms with E-state index in [0.29, 0.717) is 17.3 Å². The Bertz CT molecular complexity index is 798. The van der Waals surface area contributed by atoms with Crippen molar-refractivity contribution in [2.24, 2.45) is 5.73 Å². The number of aromatic nitrogens is 4. The first kappa shape index (κ1) is 12.6. The summed E-state index contributed by atoms with van der Waals surface area (Å²) >= 11 is 5.93. The third kappa shape index (κ3) is 2.46. The van der Waals surface area contributed by atoms with Crippen LogP contribution in [-0.4, -0.2) is 26.1 Å². The molecule has 100 valence electrons. The molecule has 2 heterocycles. The minimum atomic E-state index is -0.651. The number of primary amides is 1. The zero-order chi connectivity index (χ0) is 14.1. The molecule has 3 rings (SSSR count). The molecule has 1 aromatic carbocycles. The van der Waals surface area contributed by atoms with Gasteiger partial charge in [-0.15, -0.1) is 5.10 Å². The van der Waals surface area contributed by atoms with Gasteiger partial charge < -0.3 is 5.73 Å². The standard InChI is InChI=1S/C13H10ClN5O/c14-9-5-8-3-7(1-2-10(8)16-6-9)4-11-17-13(12(15)20)19-18-11/h1-3,5-6H,4H2,(H2,15,20)(H,17,18,19). The summed E-state index contributed by atoms with van der Waals surface area (Å²) in [7, 11) is 0. The quantitative estimate of drug-likeness (QED) is 0.766. The van der Waals surface area contributed by atoms with Gasteiger partial charge in [-0.1, -0.05) is 17.7 Å². The van der Waals surface area contributed by atoms with Crippen molar-refractivity contribution in [1.82, 2.24) is 20.2 Å². The number of pyridine rings is 1. The number of H-pyrrole nitrogens is 1. The first-order valence-electron chi connectivity index (χ1n) is 5.87. The smallest absolute Gasteiger partial charge is 0.288 e. The Kier molecular flexibility index (Phi) is 3.08. The number of nitrogens with zero attached hydrogens (tertiary/aromatic N) is 3. The highest BCUT2D eigenvalue weighted by molar-refractivity contribution is 6.31. The fourth-order valence-electron chi connectivity index (χ4n) is 1.94. The van der Waals surface area contributed by atoms with Crippen LogP contribution in [0.25, 0.3) is 10.9 Å². The van der Waals surface area contributed by atoms with Crippen molar-refractivity contribution in [3.8, 4) is 0 Å². The Balaban J connectivity index is 1.91. The second-order valence-corrected chi connectivity index (χ2v) is 4.76. The number of halogens is 1. The van der Waals surface area contributed by atoms with E-state index in [0.717, 1.165) is 16.5 Å². The Hall–Kier alpha value is -2.47. The maximum absolute atomic E-state index is 10.9. The number of aromatic amines is 1. The van der Waals surface area contributed by atoms with Crippen LogP contribution in [0.15, 0.2) is 30.5 Å². The summed E-state index contributed by atoms with van der Waals surface area (Å²) in [6.07, 6.45) is 2.13.